The largest absolute Gasteiger partial charge is 0.494 e. The van der Waals surface area contributed by atoms with Gasteiger partial charge in [0.2, 0.25) is 5.91 Å². The summed E-state index contributed by atoms with van der Waals surface area (Å²) < 4.78 is 11.2. The highest BCUT2D eigenvalue weighted by atomic mass is 16.5. The summed E-state index contributed by atoms with van der Waals surface area (Å²) in [5, 5.41) is 2.79. The van der Waals surface area contributed by atoms with Crippen LogP contribution in [0.2, 0.25) is 0 Å². The Morgan fingerprint density at radius 3 is 2.57 bits per heavy atom. The molecule has 0 aliphatic carbocycles. The Morgan fingerprint density at radius 2 is 1.90 bits per heavy atom. The smallest absolute Gasteiger partial charge is 0.268 e. The zero-order valence-electron chi connectivity index (χ0n) is 17.4. The van der Waals surface area contributed by atoms with Gasteiger partial charge in [0.1, 0.15) is 18.0 Å². The summed E-state index contributed by atoms with van der Waals surface area (Å²) in [6.45, 7) is 5.65. The number of ketones is 1. The van der Waals surface area contributed by atoms with Crippen LogP contribution >= 0.6 is 0 Å². The molecule has 30 heavy (non-hydrogen) atoms. The van der Waals surface area contributed by atoms with Crippen LogP contribution in [0, 0.1) is 0 Å². The van der Waals surface area contributed by atoms with Crippen LogP contribution in [-0.4, -0.2) is 36.9 Å². The lowest BCUT2D eigenvalue weighted by molar-refractivity contribution is -0.127. The molecule has 1 unspecified atom stereocenters. The minimum Gasteiger partial charge on any atom is -0.494 e. The third-order valence-electron chi connectivity index (χ3n) is 4.78. The first-order chi connectivity index (χ1) is 14.4. The molecule has 0 bridgehead atoms. The molecule has 0 spiro atoms. The molecule has 1 N–H and O–H groups in total. The molecule has 158 valence electrons. The molecule has 0 saturated heterocycles. The standard InChI is InChI=1S/C23H26N2O5/c1-4-5-12-29-19-9-7-18(8-10-19)24-22(27)14-25-20-13-17(15(2)26)6-11-21(20)30-16(3)23(25)28/h6-11,13,16H,4-5,12,14H2,1-3H3,(H,24,27). The summed E-state index contributed by atoms with van der Waals surface area (Å²) in [4.78, 5) is 38.3. The monoisotopic (exact) mass is 410 g/mol. The number of carbonyl (C=O) groups is 3. The van der Waals surface area contributed by atoms with Crippen molar-refractivity contribution >= 4 is 29.0 Å². The molecule has 7 nitrogen and oxygen atoms in total. The quantitative estimate of drug-likeness (QED) is 0.528. The summed E-state index contributed by atoms with van der Waals surface area (Å²) in [7, 11) is 0. The number of unbranched alkanes of at least 4 members (excludes halogenated alkanes) is 1. The van der Waals surface area contributed by atoms with Crippen LogP contribution in [0.15, 0.2) is 42.5 Å². The third-order valence-corrected chi connectivity index (χ3v) is 4.78. The molecule has 2 amide bonds. The predicted molar refractivity (Wildman–Crippen MR) is 114 cm³/mol. The number of hydrogen-bond donors (Lipinski definition) is 1. The van der Waals surface area contributed by atoms with Crippen LogP contribution in [0.1, 0.15) is 44.0 Å². The molecule has 1 heterocycles. The van der Waals surface area contributed by atoms with Gasteiger partial charge in [-0.25, -0.2) is 0 Å². The van der Waals surface area contributed by atoms with Crippen molar-refractivity contribution in [3.8, 4) is 11.5 Å². The Balaban J connectivity index is 1.70. The Morgan fingerprint density at radius 1 is 1.17 bits per heavy atom. The van der Waals surface area contributed by atoms with E-state index >= 15 is 0 Å². The first-order valence-electron chi connectivity index (χ1n) is 10.0. The van der Waals surface area contributed by atoms with E-state index in [4.69, 9.17) is 9.47 Å². The number of rotatable bonds is 8. The molecular formula is C23H26N2O5. The fourth-order valence-electron chi connectivity index (χ4n) is 3.10. The zero-order chi connectivity index (χ0) is 21.7. The minimum atomic E-state index is -0.715. The molecule has 2 aromatic carbocycles. The zero-order valence-corrected chi connectivity index (χ0v) is 17.4. The van der Waals surface area contributed by atoms with E-state index in [1.807, 2.05) is 0 Å². The van der Waals surface area contributed by atoms with E-state index < -0.39 is 6.10 Å². The molecule has 0 radical (unpaired) electrons. The average Bonchev–Trinajstić information content (AvgIpc) is 2.72. The summed E-state index contributed by atoms with van der Waals surface area (Å²) in [5.74, 6) is 0.390. The van der Waals surface area contributed by atoms with E-state index in [9.17, 15) is 14.4 Å². The van der Waals surface area contributed by atoms with Gasteiger partial charge in [-0.1, -0.05) is 13.3 Å². The summed E-state index contributed by atoms with van der Waals surface area (Å²) >= 11 is 0. The van der Waals surface area contributed by atoms with E-state index in [-0.39, 0.29) is 24.1 Å². The highest BCUT2D eigenvalue weighted by Gasteiger charge is 2.33. The number of nitrogens with zero attached hydrogens (tertiary/aromatic N) is 1. The van der Waals surface area contributed by atoms with Crippen LogP contribution in [0.4, 0.5) is 11.4 Å². The van der Waals surface area contributed by atoms with Crippen molar-refractivity contribution < 1.29 is 23.9 Å². The van der Waals surface area contributed by atoms with Gasteiger partial charge in [-0.15, -0.1) is 0 Å². The topological polar surface area (TPSA) is 84.9 Å². The molecule has 2 aromatic rings. The summed E-state index contributed by atoms with van der Waals surface area (Å²) in [6, 6.07) is 12.0. The SMILES string of the molecule is CCCCOc1ccc(NC(=O)CN2C(=O)C(C)Oc3ccc(C(C)=O)cc32)cc1. The number of anilines is 2. The van der Waals surface area contributed by atoms with Crippen molar-refractivity contribution in [3.63, 3.8) is 0 Å². The van der Waals surface area contributed by atoms with Gasteiger partial charge in [0, 0.05) is 11.3 Å². The highest BCUT2D eigenvalue weighted by Crippen LogP contribution is 2.35. The lowest BCUT2D eigenvalue weighted by Crippen LogP contribution is -2.47. The second-order valence-corrected chi connectivity index (χ2v) is 7.20. The molecule has 0 aromatic heterocycles. The fraction of sp³-hybridized carbons (Fsp3) is 0.348. The van der Waals surface area contributed by atoms with Crippen molar-refractivity contribution in [1.82, 2.24) is 0 Å². The lowest BCUT2D eigenvalue weighted by Gasteiger charge is -2.32. The van der Waals surface area contributed by atoms with Gasteiger partial charge in [-0.05, 0) is 62.7 Å². The van der Waals surface area contributed by atoms with E-state index in [1.54, 1.807) is 49.4 Å². The van der Waals surface area contributed by atoms with E-state index in [1.165, 1.54) is 11.8 Å². The Hall–Kier alpha value is -3.35. The summed E-state index contributed by atoms with van der Waals surface area (Å²) in [5.41, 5.74) is 1.47. The normalized spacial score (nSPS) is 15.2. The fourth-order valence-corrected chi connectivity index (χ4v) is 3.10. The van der Waals surface area contributed by atoms with Gasteiger partial charge in [0.15, 0.2) is 11.9 Å². The van der Waals surface area contributed by atoms with Crippen molar-refractivity contribution in [2.45, 2.75) is 39.7 Å². The number of fused-ring (bicyclic) bond motifs is 1. The van der Waals surface area contributed by atoms with Gasteiger partial charge < -0.3 is 14.8 Å². The summed E-state index contributed by atoms with van der Waals surface area (Å²) in [6.07, 6.45) is 1.33. The molecule has 1 aliphatic rings. The Labute approximate surface area is 176 Å². The average molecular weight is 410 g/mol. The maximum atomic E-state index is 12.6. The lowest BCUT2D eigenvalue weighted by atomic mass is 10.1. The Bertz CT molecular complexity index is 939. The van der Waals surface area contributed by atoms with Crippen LogP contribution in [0.5, 0.6) is 11.5 Å². The van der Waals surface area contributed by atoms with Crippen molar-refractivity contribution in [2.24, 2.45) is 0 Å². The van der Waals surface area contributed by atoms with Gasteiger partial charge in [0.25, 0.3) is 5.91 Å². The highest BCUT2D eigenvalue weighted by molar-refractivity contribution is 6.07. The van der Waals surface area contributed by atoms with Gasteiger partial charge in [-0.2, -0.15) is 0 Å². The Kier molecular flexibility index (Phi) is 6.72. The van der Waals surface area contributed by atoms with E-state index in [2.05, 4.69) is 12.2 Å². The number of carbonyl (C=O) groups excluding carboxylic acids is 3. The number of Topliss-reactive ketones (excluding diaryl/α,β-unsaturated/α-hetero) is 1. The number of ether oxygens (including phenoxy) is 2. The molecule has 7 heteroatoms. The number of amides is 2. The first-order valence-corrected chi connectivity index (χ1v) is 10.0. The number of benzene rings is 2. The number of hydrogen-bond acceptors (Lipinski definition) is 5. The second kappa shape index (κ2) is 9.43. The third kappa shape index (κ3) is 4.97. The molecule has 0 fully saturated rings. The van der Waals surface area contributed by atoms with E-state index in [0.717, 1.165) is 18.6 Å². The molecule has 3 rings (SSSR count). The van der Waals surface area contributed by atoms with Crippen LogP contribution in [0.3, 0.4) is 0 Å². The predicted octanol–water partition coefficient (Wildman–Crippen LogP) is 3.82. The minimum absolute atomic E-state index is 0.130. The number of nitrogens with one attached hydrogen (secondary N) is 1. The van der Waals surface area contributed by atoms with Crippen LogP contribution in [-0.2, 0) is 9.59 Å². The molecule has 0 saturated carbocycles. The first kappa shape index (κ1) is 21.4. The van der Waals surface area contributed by atoms with Crippen LogP contribution in [0.25, 0.3) is 0 Å². The molecule has 1 atom stereocenters. The maximum absolute atomic E-state index is 12.6. The maximum Gasteiger partial charge on any atom is 0.268 e. The van der Waals surface area contributed by atoms with Gasteiger partial charge in [0.05, 0.1) is 12.3 Å². The van der Waals surface area contributed by atoms with Crippen molar-refractivity contribution in [3.05, 3.63) is 48.0 Å². The van der Waals surface area contributed by atoms with Crippen LogP contribution < -0.4 is 19.7 Å². The second-order valence-electron chi connectivity index (χ2n) is 7.20. The van der Waals surface area contributed by atoms with Crippen molar-refractivity contribution in [1.29, 1.82) is 0 Å². The van der Waals surface area contributed by atoms with Gasteiger partial charge in [-0.3, -0.25) is 19.3 Å². The van der Waals surface area contributed by atoms with E-state index in [0.29, 0.717) is 29.3 Å². The molecule has 1 aliphatic heterocycles. The van der Waals surface area contributed by atoms with Crippen molar-refractivity contribution in [2.75, 3.05) is 23.4 Å². The van der Waals surface area contributed by atoms with Gasteiger partial charge >= 0.3 is 0 Å². The molecular weight excluding hydrogens is 384 g/mol.